The molecule has 4 amide bonds. The summed E-state index contributed by atoms with van der Waals surface area (Å²) in [5.41, 5.74) is 4.56. The predicted octanol–water partition coefficient (Wildman–Crippen LogP) is 6.13. The van der Waals surface area contributed by atoms with E-state index >= 15 is 0 Å². The highest BCUT2D eigenvalue weighted by Crippen LogP contribution is 2.31. The Bertz CT molecular complexity index is 1690. The summed E-state index contributed by atoms with van der Waals surface area (Å²) in [6.45, 7) is 5.73. The van der Waals surface area contributed by atoms with Crippen molar-refractivity contribution in [2.45, 2.75) is 30.6 Å². The highest BCUT2D eigenvalue weighted by Gasteiger charge is 2.37. The van der Waals surface area contributed by atoms with Crippen molar-refractivity contribution in [3.8, 4) is 5.69 Å². The van der Waals surface area contributed by atoms with Crippen molar-refractivity contribution >= 4 is 47.1 Å². The fraction of sp³-hybridized carbons (Fsp3) is 0.100. The molecule has 4 aromatic rings. The minimum atomic E-state index is -0.784. The zero-order chi connectivity index (χ0) is 28.6. The minimum Gasteiger partial charge on any atom is -0.318 e. The number of nitro groups is 1. The average Bonchev–Trinajstić information content (AvgIpc) is 3.20. The molecule has 1 fully saturated rings. The molecule has 0 bridgehead atoms. The summed E-state index contributed by atoms with van der Waals surface area (Å²) in [5, 5.41) is 13.1. The third-order valence-corrected chi connectivity index (χ3v) is 7.56. The second-order valence-electron chi connectivity index (χ2n) is 9.30. The molecule has 1 aliphatic heterocycles. The van der Waals surface area contributed by atoms with Gasteiger partial charge in [0.25, 0.3) is 17.5 Å². The number of urea groups is 1. The van der Waals surface area contributed by atoms with Crippen LogP contribution in [0.2, 0.25) is 0 Å². The molecule has 0 atom stereocenters. The Labute approximate surface area is 234 Å². The van der Waals surface area contributed by atoms with Crippen LogP contribution in [0.3, 0.4) is 0 Å². The van der Waals surface area contributed by atoms with E-state index in [2.05, 4.69) is 5.32 Å². The van der Waals surface area contributed by atoms with E-state index in [0.717, 1.165) is 37.3 Å². The normalized spacial score (nSPS) is 14.5. The number of aryl methyl sites for hydroxylation is 2. The summed E-state index contributed by atoms with van der Waals surface area (Å²) in [4.78, 5) is 51.7. The monoisotopic (exact) mass is 552 g/mol. The van der Waals surface area contributed by atoms with Gasteiger partial charge in [-0.1, -0.05) is 29.5 Å². The van der Waals surface area contributed by atoms with Crippen LogP contribution >= 0.6 is 11.8 Å². The van der Waals surface area contributed by atoms with E-state index in [1.165, 1.54) is 30.0 Å². The van der Waals surface area contributed by atoms with E-state index < -0.39 is 22.8 Å². The van der Waals surface area contributed by atoms with Crippen LogP contribution in [-0.2, 0) is 9.59 Å². The molecule has 10 heteroatoms. The highest BCUT2D eigenvalue weighted by atomic mass is 32.2. The first kappa shape index (κ1) is 26.6. The lowest BCUT2D eigenvalue weighted by Crippen LogP contribution is -2.54. The van der Waals surface area contributed by atoms with Crippen molar-refractivity contribution < 1.29 is 19.3 Å². The van der Waals surface area contributed by atoms with E-state index in [9.17, 15) is 24.5 Å². The maximum atomic E-state index is 13.3. The molecule has 40 heavy (non-hydrogen) atoms. The van der Waals surface area contributed by atoms with E-state index in [-0.39, 0.29) is 11.3 Å². The number of benzene rings is 3. The topological polar surface area (TPSA) is 115 Å². The molecular formula is C30H24N4O5S. The number of hydrogen-bond acceptors (Lipinski definition) is 6. The average molecular weight is 553 g/mol. The van der Waals surface area contributed by atoms with Crippen LogP contribution in [0.1, 0.15) is 22.5 Å². The number of nitro benzene ring substituents is 1. The second-order valence-corrected chi connectivity index (χ2v) is 10.4. The van der Waals surface area contributed by atoms with Crippen molar-refractivity contribution in [3.05, 3.63) is 117 Å². The molecule has 0 unspecified atom stereocenters. The molecule has 200 valence electrons. The second kappa shape index (κ2) is 10.7. The molecular weight excluding hydrogens is 528 g/mol. The molecule has 0 spiro atoms. The first-order valence-electron chi connectivity index (χ1n) is 12.3. The number of carbonyl (C=O) groups is 3. The summed E-state index contributed by atoms with van der Waals surface area (Å²) in [5.74, 6) is -1.43. The maximum absolute atomic E-state index is 13.3. The third-order valence-electron chi connectivity index (χ3n) is 6.54. The van der Waals surface area contributed by atoms with Gasteiger partial charge in [-0.05, 0) is 87.0 Å². The van der Waals surface area contributed by atoms with Crippen LogP contribution in [0.25, 0.3) is 11.8 Å². The quantitative estimate of drug-likeness (QED) is 0.133. The SMILES string of the molecule is Cc1ccc(N2C(=O)NC(=O)/C(=C/c3cc(C)n(-c4ccc(Sc5ccc([N+](=O)[O-])cc5)cc4)c3C)C2=O)cc1. The van der Waals surface area contributed by atoms with Gasteiger partial charge in [-0.15, -0.1) is 0 Å². The van der Waals surface area contributed by atoms with E-state index in [1.807, 2.05) is 55.7 Å². The van der Waals surface area contributed by atoms with Gasteiger partial charge in [0.2, 0.25) is 0 Å². The Morgan fingerprint density at radius 1 is 0.825 bits per heavy atom. The fourth-order valence-electron chi connectivity index (χ4n) is 4.51. The van der Waals surface area contributed by atoms with Crippen LogP contribution in [0.4, 0.5) is 16.2 Å². The Hall–Kier alpha value is -4.96. The number of imide groups is 2. The summed E-state index contributed by atoms with van der Waals surface area (Å²) in [6.07, 6.45) is 1.52. The lowest BCUT2D eigenvalue weighted by molar-refractivity contribution is -0.384. The number of amides is 4. The van der Waals surface area contributed by atoms with Crippen molar-refractivity contribution in [2.24, 2.45) is 0 Å². The molecule has 0 radical (unpaired) electrons. The van der Waals surface area contributed by atoms with Gasteiger partial charge in [-0.3, -0.25) is 25.0 Å². The van der Waals surface area contributed by atoms with Gasteiger partial charge in [-0.2, -0.15) is 0 Å². The van der Waals surface area contributed by atoms with Crippen molar-refractivity contribution in [1.82, 2.24) is 9.88 Å². The first-order valence-corrected chi connectivity index (χ1v) is 13.1. The summed E-state index contributed by atoms with van der Waals surface area (Å²) >= 11 is 1.49. The van der Waals surface area contributed by atoms with Crippen molar-refractivity contribution in [2.75, 3.05) is 4.90 Å². The maximum Gasteiger partial charge on any atom is 0.335 e. The van der Waals surface area contributed by atoms with Gasteiger partial charge in [-0.25, -0.2) is 9.69 Å². The molecule has 1 saturated heterocycles. The lowest BCUT2D eigenvalue weighted by Gasteiger charge is -2.26. The fourth-order valence-corrected chi connectivity index (χ4v) is 5.32. The third kappa shape index (κ3) is 5.16. The standard InChI is InChI=1S/C30H24N4O5S/c1-18-4-6-23(7-5-18)33-29(36)27(28(35)31-30(33)37)17-21-16-19(2)32(20(21)3)22-8-12-25(13-9-22)40-26-14-10-24(11-15-26)34(38)39/h4-17H,1-3H3,(H,31,35,37)/b27-17-. The molecule has 5 rings (SSSR count). The van der Waals surface area contributed by atoms with E-state index in [0.29, 0.717) is 11.3 Å². The van der Waals surface area contributed by atoms with Crippen molar-refractivity contribution in [3.63, 3.8) is 0 Å². The lowest BCUT2D eigenvalue weighted by atomic mass is 10.1. The number of aromatic nitrogens is 1. The zero-order valence-corrected chi connectivity index (χ0v) is 22.7. The van der Waals surface area contributed by atoms with Gasteiger partial charge in [0, 0.05) is 39.0 Å². The molecule has 9 nitrogen and oxygen atoms in total. The van der Waals surface area contributed by atoms with Gasteiger partial charge >= 0.3 is 6.03 Å². The van der Waals surface area contributed by atoms with Crippen molar-refractivity contribution in [1.29, 1.82) is 0 Å². The number of nitrogens with zero attached hydrogens (tertiary/aromatic N) is 3. The number of anilines is 1. The van der Waals surface area contributed by atoms with Gasteiger partial charge in [0.15, 0.2) is 0 Å². The number of barbiturate groups is 1. The van der Waals surface area contributed by atoms with Crippen LogP contribution < -0.4 is 10.2 Å². The number of nitrogens with one attached hydrogen (secondary N) is 1. The largest absolute Gasteiger partial charge is 0.335 e. The summed E-state index contributed by atoms with van der Waals surface area (Å²) in [7, 11) is 0. The van der Waals surface area contributed by atoms with Gasteiger partial charge in [0.05, 0.1) is 10.6 Å². The number of rotatable bonds is 6. The van der Waals surface area contributed by atoms with E-state index in [4.69, 9.17) is 0 Å². The molecule has 0 saturated carbocycles. The predicted molar refractivity (Wildman–Crippen MR) is 153 cm³/mol. The Morgan fingerprint density at radius 2 is 1.40 bits per heavy atom. The van der Waals surface area contributed by atoms with Gasteiger partial charge in [0.1, 0.15) is 5.57 Å². The van der Waals surface area contributed by atoms with Crippen LogP contribution in [-0.4, -0.2) is 27.3 Å². The Balaban J connectivity index is 1.41. The number of carbonyl (C=O) groups excluding carboxylic acids is 3. The molecule has 2 heterocycles. The Morgan fingerprint density at radius 3 is 2.00 bits per heavy atom. The van der Waals surface area contributed by atoms with Crippen LogP contribution in [0, 0.1) is 30.9 Å². The summed E-state index contributed by atoms with van der Waals surface area (Å²) in [6, 6.07) is 22.2. The Kier molecular flexibility index (Phi) is 7.10. The molecule has 1 aromatic heterocycles. The number of hydrogen-bond donors (Lipinski definition) is 1. The molecule has 3 aromatic carbocycles. The van der Waals surface area contributed by atoms with E-state index in [1.54, 1.807) is 36.4 Å². The molecule has 0 aliphatic carbocycles. The molecule has 1 N–H and O–H groups in total. The van der Waals surface area contributed by atoms with Crippen LogP contribution in [0.15, 0.2) is 94.2 Å². The van der Waals surface area contributed by atoms with Gasteiger partial charge < -0.3 is 4.57 Å². The number of non-ortho nitro benzene ring substituents is 1. The van der Waals surface area contributed by atoms with Crippen LogP contribution in [0.5, 0.6) is 0 Å². The summed E-state index contributed by atoms with van der Waals surface area (Å²) < 4.78 is 2.01. The minimum absolute atomic E-state index is 0.0471. The highest BCUT2D eigenvalue weighted by molar-refractivity contribution is 7.99. The smallest absolute Gasteiger partial charge is 0.318 e. The molecule has 1 aliphatic rings. The first-order chi connectivity index (χ1) is 19.1. The zero-order valence-electron chi connectivity index (χ0n) is 21.9.